The van der Waals surface area contributed by atoms with Crippen molar-refractivity contribution in [3.63, 3.8) is 0 Å². The van der Waals surface area contributed by atoms with E-state index in [-0.39, 0.29) is 0 Å². The summed E-state index contributed by atoms with van der Waals surface area (Å²) in [6.07, 6.45) is 1.56. The van der Waals surface area contributed by atoms with Gasteiger partial charge in [0.15, 0.2) is 0 Å². The van der Waals surface area contributed by atoms with Crippen LogP contribution in [0.1, 0.15) is 0 Å². The lowest BCUT2D eigenvalue weighted by atomic mass is 10.3. The molecule has 0 aliphatic heterocycles. The zero-order valence-electron chi connectivity index (χ0n) is 7.16. The molecule has 14 heavy (non-hydrogen) atoms. The highest BCUT2D eigenvalue weighted by Gasteiger charge is 1.88. The fourth-order valence-corrected chi connectivity index (χ4v) is 0.910. The molecule has 2 rings (SSSR count). The van der Waals surface area contributed by atoms with E-state index >= 15 is 0 Å². The SMILES string of the molecule is O=C(O)O.c1ccc2nccnc2c1. The van der Waals surface area contributed by atoms with E-state index in [1.165, 1.54) is 0 Å². The molecule has 0 saturated heterocycles. The van der Waals surface area contributed by atoms with E-state index in [9.17, 15) is 0 Å². The number of para-hydroxylation sites is 2. The maximum absolute atomic E-state index is 8.56. The Labute approximate surface area is 79.7 Å². The number of carboxylic acid groups (broad SMARTS) is 2. The first kappa shape index (κ1) is 9.91. The first-order chi connectivity index (χ1) is 6.70. The first-order valence-electron chi connectivity index (χ1n) is 3.78. The number of aromatic nitrogens is 2. The monoisotopic (exact) mass is 192 g/mol. The molecule has 0 radical (unpaired) electrons. The number of benzene rings is 1. The van der Waals surface area contributed by atoms with Gasteiger partial charge in [0.25, 0.3) is 0 Å². The fourth-order valence-electron chi connectivity index (χ4n) is 0.910. The van der Waals surface area contributed by atoms with Crippen LogP contribution in [0.2, 0.25) is 0 Å². The molecule has 5 nitrogen and oxygen atoms in total. The summed E-state index contributed by atoms with van der Waals surface area (Å²) in [7, 11) is 0. The van der Waals surface area contributed by atoms with Crippen LogP contribution in [-0.2, 0) is 0 Å². The molecule has 0 spiro atoms. The third kappa shape index (κ3) is 3.06. The summed E-state index contributed by atoms with van der Waals surface area (Å²) >= 11 is 0. The molecule has 1 aromatic carbocycles. The molecular weight excluding hydrogens is 184 g/mol. The third-order valence-corrected chi connectivity index (χ3v) is 1.38. The van der Waals surface area contributed by atoms with Gasteiger partial charge < -0.3 is 10.2 Å². The molecule has 1 aromatic heterocycles. The van der Waals surface area contributed by atoms with Gasteiger partial charge in [0.1, 0.15) is 0 Å². The number of carbonyl (C=O) groups is 1. The minimum absolute atomic E-state index is 0.949. The molecule has 0 unspecified atom stereocenters. The van der Waals surface area contributed by atoms with E-state index in [0.717, 1.165) is 11.0 Å². The minimum Gasteiger partial charge on any atom is -0.450 e. The molecule has 2 aromatic rings. The molecule has 0 aliphatic rings. The Bertz CT molecular complexity index is 362. The van der Waals surface area contributed by atoms with Gasteiger partial charge in [-0.3, -0.25) is 9.97 Å². The molecule has 0 aliphatic carbocycles. The Morgan fingerprint density at radius 1 is 1.00 bits per heavy atom. The third-order valence-electron chi connectivity index (χ3n) is 1.38. The summed E-state index contributed by atoms with van der Waals surface area (Å²) in [5.74, 6) is 0. The average Bonchev–Trinajstić information content (AvgIpc) is 2.17. The van der Waals surface area contributed by atoms with Crippen LogP contribution in [-0.4, -0.2) is 26.3 Å². The van der Waals surface area contributed by atoms with Crippen LogP contribution in [0.15, 0.2) is 36.7 Å². The Kier molecular flexibility index (Phi) is 3.37. The van der Waals surface area contributed by atoms with Gasteiger partial charge in [-0.1, -0.05) is 12.1 Å². The first-order valence-corrected chi connectivity index (χ1v) is 3.78. The Hall–Kier alpha value is -2.17. The van der Waals surface area contributed by atoms with Gasteiger partial charge in [-0.05, 0) is 12.1 Å². The van der Waals surface area contributed by atoms with E-state index in [2.05, 4.69) is 9.97 Å². The van der Waals surface area contributed by atoms with Crippen LogP contribution < -0.4 is 0 Å². The average molecular weight is 192 g/mol. The molecule has 0 saturated carbocycles. The Balaban J connectivity index is 0.000000213. The predicted octanol–water partition coefficient (Wildman–Crippen LogP) is 1.85. The van der Waals surface area contributed by atoms with Crippen molar-refractivity contribution in [2.75, 3.05) is 0 Å². The zero-order valence-corrected chi connectivity index (χ0v) is 7.16. The normalized spacial score (nSPS) is 8.86. The quantitative estimate of drug-likeness (QED) is 0.665. The van der Waals surface area contributed by atoms with Crippen LogP contribution in [0.3, 0.4) is 0 Å². The predicted molar refractivity (Wildman–Crippen MR) is 50.2 cm³/mol. The van der Waals surface area contributed by atoms with Gasteiger partial charge in [0.05, 0.1) is 11.0 Å². The molecule has 5 heteroatoms. The van der Waals surface area contributed by atoms with Crippen LogP contribution in [0.5, 0.6) is 0 Å². The molecule has 2 N–H and O–H groups in total. The highest BCUT2D eigenvalue weighted by molar-refractivity contribution is 5.72. The molecule has 0 fully saturated rings. The van der Waals surface area contributed by atoms with Crippen molar-refractivity contribution in [1.82, 2.24) is 9.97 Å². The minimum atomic E-state index is -1.83. The van der Waals surface area contributed by atoms with Crippen molar-refractivity contribution in [3.05, 3.63) is 36.7 Å². The lowest BCUT2D eigenvalue weighted by molar-refractivity contribution is 0.137. The maximum Gasteiger partial charge on any atom is 0.503 e. The Morgan fingerprint density at radius 2 is 1.36 bits per heavy atom. The van der Waals surface area contributed by atoms with Crippen molar-refractivity contribution in [2.45, 2.75) is 0 Å². The second-order valence-electron chi connectivity index (χ2n) is 2.33. The van der Waals surface area contributed by atoms with E-state index in [0.29, 0.717) is 0 Å². The molecule has 1 heterocycles. The van der Waals surface area contributed by atoms with E-state index in [4.69, 9.17) is 15.0 Å². The van der Waals surface area contributed by atoms with Crippen molar-refractivity contribution in [3.8, 4) is 0 Å². The number of rotatable bonds is 0. The topological polar surface area (TPSA) is 83.3 Å². The zero-order chi connectivity index (χ0) is 10.4. The van der Waals surface area contributed by atoms with Gasteiger partial charge >= 0.3 is 6.16 Å². The molecule has 72 valence electrons. The van der Waals surface area contributed by atoms with E-state index in [1.807, 2.05) is 24.3 Å². The molecule has 0 bridgehead atoms. The number of hydrogen-bond donors (Lipinski definition) is 2. The molecular formula is C9H8N2O3. The summed E-state index contributed by atoms with van der Waals surface area (Å²) in [5.41, 5.74) is 1.90. The number of hydrogen-bond acceptors (Lipinski definition) is 3. The van der Waals surface area contributed by atoms with Gasteiger partial charge in [0.2, 0.25) is 0 Å². The molecule has 0 atom stereocenters. The van der Waals surface area contributed by atoms with Crippen LogP contribution >= 0.6 is 0 Å². The largest absolute Gasteiger partial charge is 0.503 e. The summed E-state index contributed by atoms with van der Waals surface area (Å²) < 4.78 is 0. The standard InChI is InChI=1S/C8H6N2.CH2O3/c1-2-4-8-7(3-1)9-5-6-10-8;2-1(3)4/h1-6H;(H2,2,3,4). The van der Waals surface area contributed by atoms with Gasteiger partial charge in [0, 0.05) is 12.4 Å². The summed E-state index contributed by atoms with van der Waals surface area (Å²) in [6, 6.07) is 7.80. The van der Waals surface area contributed by atoms with Crippen molar-refractivity contribution >= 4 is 17.2 Å². The summed E-state index contributed by atoms with van der Waals surface area (Å²) in [5, 5.41) is 13.9. The van der Waals surface area contributed by atoms with Crippen LogP contribution in [0, 0.1) is 0 Å². The van der Waals surface area contributed by atoms with Crippen molar-refractivity contribution in [2.24, 2.45) is 0 Å². The maximum atomic E-state index is 8.56. The van der Waals surface area contributed by atoms with Gasteiger partial charge in [-0.15, -0.1) is 0 Å². The van der Waals surface area contributed by atoms with Crippen LogP contribution in [0.25, 0.3) is 11.0 Å². The van der Waals surface area contributed by atoms with Gasteiger partial charge in [-0.2, -0.15) is 0 Å². The smallest absolute Gasteiger partial charge is 0.450 e. The lowest BCUT2D eigenvalue weighted by Crippen LogP contribution is -1.81. The van der Waals surface area contributed by atoms with E-state index < -0.39 is 6.16 Å². The summed E-state index contributed by atoms with van der Waals surface area (Å²) in [4.78, 5) is 16.8. The fraction of sp³-hybridized carbons (Fsp3) is 0. The van der Waals surface area contributed by atoms with Crippen molar-refractivity contribution in [1.29, 1.82) is 0 Å². The molecule has 0 amide bonds. The van der Waals surface area contributed by atoms with Gasteiger partial charge in [-0.25, -0.2) is 4.79 Å². The number of nitrogens with zero attached hydrogens (tertiary/aromatic N) is 2. The highest BCUT2D eigenvalue weighted by atomic mass is 16.6. The van der Waals surface area contributed by atoms with Crippen molar-refractivity contribution < 1.29 is 15.0 Å². The lowest BCUT2D eigenvalue weighted by Gasteiger charge is -1.90. The van der Waals surface area contributed by atoms with Crippen LogP contribution in [0.4, 0.5) is 4.79 Å². The summed E-state index contributed by atoms with van der Waals surface area (Å²) in [6.45, 7) is 0. The van der Waals surface area contributed by atoms with E-state index in [1.54, 1.807) is 12.4 Å². The highest BCUT2D eigenvalue weighted by Crippen LogP contribution is 2.04. The Morgan fingerprint density at radius 3 is 1.71 bits per heavy atom. The second kappa shape index (κ2) is 4.76. The second-order valence-corrected chi connectivity index (χ2v) is 2.33. The number of fused-ring (bicyclic) bond motifs is 1.